The van der Waals surface area contributed by atoms with Gasteiger partial charge in [0.1, 0.15) is 11.6 Å². The fraction of sp³-hybridized carbons (Fsp3) is 0.400. The Kier molecular flexibility index (Phi) is 6.55. The number of hydrogen-bond donors (Lipinski definition) is 1. The van der Waals surface area contributed by atoms with Gasteiger partial charge in [-0.2, -0.15) is 0 Å². The normalized spacial score (nSPS) is 15.6. The van der Waals surface area contributed by atoms with Crippen LogP contribution in [0.2, 0.25) is 5.02 Å². The third-order valence-corrected chi connectivity index (χ3v) is 6.52. The number of rotatable bonds is 9. The van der Waals surface area contributed by atoms with E-state index in [9.17, 15) is 17.6 Å². The van der Waals surface area contributed by atoms with Gasteiger partial charge in [-0.25, -0.2) is 17.8 Å². The van der Waals surface area contributed by atoms with Crippen LogP contribution < -0.4 is 4.72 Å². The first-order valence-corrected chi connectivity index (χ1v) is 11.2. The SMILES string of the molecule is CC1(CS(=O)(=O)Nc2cc(C(=O)CCCc3ccc(F)c(Cl)c3)ccn2)COC1. The van der Waals surface area contributed by atoms with Crippen LogP contribution in [-0.2, 0) is 21.2 Å². The zero-order valence-electron chi connectivity index (χ0n) is 16.0. The van der Waals surface area contributed by atoms with Crippen molar-refractivity contribution in [1.82, 2.24) is 4.98 Å². The summed E-state index contributed by atoms with van der Waals surface area (Å²) in [6, 6.07) is 7.48. The molecule has 0 saturated carbocycles. The fourth-order valence-electron chi connectivity index (χ4n) is 3.14. The van der Waals surface area contributed by atoms with Gasteiger partial charge in [-0.1, -0.05) is 24.6 Å². The Labute approximate surface area is 174 Å². The van der Waals surface area contributed by atoms with Crippen LogP contribution in [0, 0.1) is 11.2 Å². The van der Waals surface area contributed by atoms with E-state index < -0.39 is 21.3 Å². The van der Waals surface area contributed by atoms with Gasteiger partial charge < -0.3 is 4.74 Å². The van der Waals surface area contributed by atoms with Gasteiger partial charge in [0, 0.05) is 23.6 Å². The number of pyridine rings is 1. The van der Waals surface area contributed by atoms with Gasteiger partial charge in [0.15, 0.2) is 5.78 Å². The molecule has 1 saturated heterocycles. The lowest BCUT2D eigenvalue weighted by Gasteiger charge is -2.37. The first kappa shape index (κ1) is 21.7. The molecule has 3 rings (SSSR count). The lowest BCUT2D eigenvalue weighted by Crippen LogP contribution is -2.46. The number of nitrogens with one attached hydrogen (secondary N) is 1. The molecule has 1 aliphatic heterocycles. The highest BCUT2D eigenvalue weighted by Crippen LogP contribution is 2.28. The highest BCUT2D eigenvalue weighted by molar-refractivity contribution is 7.92. The molecule has 156 valence electrons. The molecule has 1 aromatic heterocycles. The molecule has 1 fully saturated rings. The van der Waals surface area contributed by atoms with Crippen molar-refractivity contribution in [2.45, 2.75) is 26.2 Å². The van der Waals surface area contributed by atoms with Gasteiger partial charge >= 0.3 is 0 Å². The van der Waals surface area contributed by atoms with E-state index in [-0.39, 0.29) is 28.8 Å². The molecule has 1 aromatic carbocycles. The van der Waals surface area contributed by atoms with Gasteiger partial charge in [0.25, 0.3) is 0 Å². The third kappa shape index (κ3) is 5.98. The van der Waals surface area contributed by atoms with Crippen molar-refractivity contribution in [3.63, 3.8) is 0 Å². The van der Waals surface area contributed by atoms with Crippen molar-refractivity contribution in [1.29, 1.82) is 0 Å². The zero-order chi connectivity index (χ0) is 21.1. The minimum Gasteiger partial charge on any atom is -0.380 e. The Bertz CT molecular complexity index is 1010. The summed E-state index contributed by atoms with van der Waals surface area (Å²) in [6.07, 6.45) is 2.80. The van der Waals surface area contributed by atoms with Crippen molar-refractivity contribution in [3.8, 4) is 0 Å². The van der Waals surface area contributed by atoms with E-state index in [4.69, 9.17) is 16.3 Å². The molecule has 29 heavy (non-hydrogen) atoms. The van der Waals surface area contributed by atoms with E-state index >= 15 is 0 Å². The molecular weight excluding hydrogens is 419 g/mol. The van der Waals surface area contributed by atoms with E-state index in [1.807, 2.05) is 6.92 Å². The molecular formula is C20H22ClFN2O4S. The monoisotopic (exact) mass is 440 g/mol. The second-order valence-electron chi connectivity index (χ2n) is 7.62. The third-order valence-electron chi connectivity index (χ3n) is 4.63. The number of nitrogens with zero attached hydrogens (tertiary/aromatic N) is 1. The largest absolute Gasteiger partial charge is 0.380 e. The highest BCUT2D eigenvalue weighted by Gasteiger charge is 2.38. The number of ketones is 1. The molecule has 2 heterocycles. The Morgan fingerprint density at radius 3 is 2.72 bits per heavy atom. The van der Waals surface area contributed by atoms with Crippen molar-refractivity contribution in [2.75, 3.05) is 23.7 Å². The predicted octanol–water partition coefficient (Wildman–Crippen LogP) is 3.86. The summed E-state index contributed by atoms with van der Waals surface area (Å²) in [7, 11) is -3.60. The second-order valence-corrected chi connectivity index (χ2v) is 9.75. The van der Waals surface area contributed by atoms with E-state index in [1.54, 1.807) is 18.2 Å². The van der Waals surface area contributed by atoms with Crippen LogP contribution in [0.25, 0.3) is 0 Å². The van der Waals surface area contributed by atoms with Crippen LogP contribution in [0.4, 0.5) is 10.2 Å². The van der Waals surface area contributed by atoms with Gasteiger partial charge in [0.05, 0.1) is 24.0 Å². The first-order chi connectivity index (χ1) is 13.7. The number of hydrogen-bond acceptors (Lipinski definition) is 5. The summed E-state index contributed by atoms with van der Waals surface area (Å²) in [5.74, 6) is -0.553. The lowest BCUT2D eigenvalue weighted by atomic mass is 9.92. The Morgan fingerprint density at radius 2 is 2.07 bits per heavy atom. The number of benzene rings is 1. The van der Waals surface area contributed by atoms with E-state index in [0.29, 0.717) is 31.6 Å². The quantitative estimate of drug-likeness (QED) is 0.598. The van der Waals surface area contributed by atoms with E-state index in [1.165, 1.54) is 18.3 Å². The topological polar surface area (TPSA) is 85.4 Å². The fourth-order valence-corrected chi connectivity index (χ4v) is 4.93. The van der Waals surface area contributed by atoms with Crippen molar-refractivity contribution in [3.05, 3.63) is 58.5 Å². The number of sulfonamides is 1. The van der Waals surface area contributed by atoms with Gasteiger partial charge in [-0.15, -0.1) is 0 Å². The number of Topliss-reactive ketones (excluding diaryl/α,β-unsaturated/α-hetero) is 1. The number of ether oxygens (including phenoxy) is 1. The molecule has 0 atom stereocenters. The molecule has 0 aliphatic carbocycles. The molecule has 0 unspecified atom stereocenters. The summed E-state index contributed by atoms with van der Waals surface area (Å²) in [5.41, 5.74) is 0.830. The van der Waals surface area contributed by atoms with E-state index in [2.05, 4.69) is 9.71 Å². The molecule has 0 amide bonds. The van der Waals surface area contributed by atoms with Crippen LogP contribution in [0.5, 0.6) is 0 Å². The van der Waals surface area contributed by atoms with Crippen molar-refractivity contribution < 1.29 is 22.3 Å². The lowest BCUT2D eigenvalue weighted by molar-refractivity contribution is -0.0869. The standard InChI is InChI=1S/C20H22ClFN2O4S/c1-20(11-28-12-20)13-29(26,27)24-19-10-15(7-8-23-19)18(25)4-2-3-14-5-6-17(22)16(21)9-14/h5-10H,2-4,11-13H2,1H3,(H,23,24). The Balaban J connectivity index is 1.56. The molecule has 0 bridgehead atoms. The summed E-state index contributed by atoms with van der Waals surface area (Å²) >= 11 is 5.76. The zero-order valence-corrected chi connectivity index (χ0v) is 17.5. The van der Waals surface area contributed by atoms with E-state index in [0.717, 1.165) is 5.56 Å². The average molecular weight is 441 g/mol. The van der Waals surface area contributed by atoms with Crippen molar-refractivity contribution >= 4 is 33.2 Å². The number of aromatic nitrogens is 1. The molecule has 0 radical (unpaired) electrons. The van der Waals surface area contributed by atoms with Gasteiger partial charge in [-0.3, -0.25) is 9.52 Å². The minimum atomic E-state index is -3.60. The number of carbonyl (C=O) groups is 1. The summed E-state index contributed by atoms with van der Waals surface area (Å²) in [5, 5.41) is 0.0576. The van der Waals surface area contributed by atoms with Crippen LogP contribution in [-0.4, -0.2) is 38.2 Å². The maximum Gasteiger partial charge on any atom is 0.234 e. The smallest absolute Gasteiger partial charge is 0.234 e. The summed E-state index contributed by atoms with van der Waals surface area (Å²) < 4.78 is 45.4. The molecule has 6 nitrogen and oxygen atoms in total. The number of aryl methyl sites for hydroxylation is 1. The first-order valence-electron chi connectivity index (χ1n) is 9.17. The second kappa shape index (κ2) is 8.77. The van der Waals surface area contributed by atoms with Gasteiger partial charge in [0.2, 0.25) is 10.0 Å². The van der Waals surface area contributed by atoms with Crippen molar-refractivity contribution in [2.24, 2.45) is 5.41 Å². The van der Waals surface area contributed by atoms with Crippen LogP contribution in [0.15, 0.2) is 36.5 Å². The number of anilines is 1. The summed E-state index contributed by atoms with van der Waals surface area (Å²) in [4.78, 5) is 16.5. The maximum absolute atomic E-state index is 13.2. The molecule has 1 N–H and O–H groups in total. The Morgan fingerprint density at radius 1 is 1.31 bits per heavy atom. The minimum absolute atomic E-state index is 0.0576. The Hall–Kier alpha value is -2.03. The molecule has 0 spiro atoms. The summed E-state index contributed by atoms with van der Waals surface area (Å²) in [6.45, 7) is 2.65. The van der Waals surface area contributed by atoms with Crippen LogP contribution >= 0.6 is 11.6 Å². The number of carbonyl (C=O) groups excluding carboxylic acids is 1. The maximum atomic E-state index is 13.2. The molecule has 9 heteroatoms. The number of halogens is 2. The van der Waals surface area contributed by atoms with Crippen LogP contribution in [0.3, 0.4) is 0 Å². The average Bonchev–Trinajstić information content (AvgIpc) is 2.62. The van der Waals surface area contributed by atoms with Gasteiger partial charge in [-0.05, 0) is 42.7 Å². The molecule has 1 aliphatic rings. The predicted molar refractivity (Wildman–Crippen MR) is 109 cm³/mol. The molecule has 2 aromatic rings. The highest BCUT2D eigenvalue weighted by atomic mass is 35.5. The van der Waals surface area contributed by atoms with Crippen LogP contribution in [0.1, 0.15) is 35.7 Å².